The minimum atomic E-state index is -0.638. The molecule has 0 aromatic carbocycles. The van der Waals surface area contributed by atoms with Crippen LogP contribution in [-0.2, 0) is 14.3 Å². The van der Waals surface area contributed by atoms with Gasteiger partial charge in [-0.1, -0.05) is 20.3 Å². The molecule has 1 fully saturated rings. The molecule has 1 N–H and O–H groups in total. The summed E-state index contributed by atoms with van der Waals surface area (Å²) >= 11 is 0. The first-order valence-electron chi connectivity index (χ1n) is 6.95. The Hall–Kier alpha value is -0.610. The predicted molar refractivity (Wildman–Crippen MR) is 71.4 cm³/mol. The molecule has 0 bridgehead atoms. The quantitative estimate of drug-likeness (QED) is 0.642. The van der Waals surface area contributed by atoms with Crippen LogP contribution in [0.15, 0.2) is 0 Å². The zero-order valence-corrected chi connectivity index (χ0v) is 12.1. The minimum Gasteiger partial charge on any atom is -0.468 e. The molecule has 4 nitrogen and oxygen atoms in total. The third-order valence-electron chi connectivity index (χ3n) is 3.78. The summed E-state index contributed by atoms with van der Waals surface area (Å²) in [4.78, 5) is 12.0. The van der Waals surface area contributed by atoms with Crippen LogP contribution in [0.25, 0.3) is 0 Å². The van der Waals surface area contributed by atoms with Gasteiger partial charge in [0.1, 0.15) is 5.54 Å². The second-order valence-electron chi connectivity index (χ2n) is 5.40. The number of methoxy groups -OCH3 is 1. The van der Waals surface area contributed by atoms with Crippen LogP contribution in [0.1, 0.15) is 39.5 Å². The number of nitrogens with one attached hydrogen (secondary N) is 1. The number of esters is 1. The number of hydrogen-bond donors (Lipinski definition) is 1. The lowest BCUT2D eigenvalue weighted by Gasteiger charge is -2.30. The van der Waals surface area contributed by atoms with Crippen molar-refractivity contribution in [3.05, 3.63) is 0 Å². The van der Waals surface area contributed by atoms with Gasteiger partial charge in [0, 0.05) is 6.61 Å². The van der Waals surface area contributed by atoms with Gasteiger partial charge in [-0.3, -0.25) is 0 Å². The number of ether oxygens (including phenoxy) is 2. The normalized spacial score (nSPS) is 20.2. The molecular weight excluding hydrogens is 230 g/mol. The molecular formula is C14H27NO3. The Bertz CT molecular complexity index is 266. The first kappa shape index (κ1) is 15.4. The Labute approximate surface area is 110 Å². The van der Waals surface area contributed by atoms with Crippen LogP contribution in [0.2, 0.25) is 0 Å². The topological polar surface area (TPSA) is 47.6 Å². The summed E-state index contributed by atoms with van der Waals surface area (Å²) in [5.41, 5.74) is -0.638. The maximum absolute atomic E-state index is 12.0. The van der Waals surface area contributed by atoms with Crippen LogP contribution in [0.3, 0.4) is 0 Å². The van der Waals surface area contributed by atoms with Crippen molar-refractivity contribution in [2.24, 2.45) is 11.8 Å². The third kappa shape index (κ3) is 3.69. The average Bonchev–Trinajstić information content (AvgIpc) is 3.19. The number of likely N-dealkylation sites (N-methyl/N-ethyl adjacent to an activating group) is 1. The van der Waals surface area contributed by atoms with E-state index in [1.165, 1.54) is 13.5 Å². The molecule has 0 heterocycles. The van der Waals surface area contributed by atoms with Crippen LogP contribution in [-0.4, -0.2) is 38.9 Å². The second kappa shape index (κ2) is 7.10. The maximum Gasteiger partial charge on any atom is 0.328 e. The zero-order chi connectivity index (χ0) is 13.6. The molecule has 0 aromatic heterocycles. The fraction of sp³-hybridized carbons (Fsp3) is 0.929. The molecule has 18 heavy (non-hydrogen) atoms. The summed E-state index contributed by atoms with van der Waals surface area (Å²) in [5, 5.41) is 3.13. The zero-order valence-electron chi connectivity index (χ0n) is 12.1. The van der Waals surface area contributed by atoms with Crippen molar-refractivity contribution in [2.75, 3.05) is 27.4 Å². The van der Waals surface area contributed by atoms with Gasteiger partial charge in [-0.05, 0) is 38.1 Å². The van der Waals surface area contributed by atoms with Crippen LogP contribution in [0, 0.1) is 11.8 Å². The van der Waals surface area contributed by atoms with Crippen LogP contribution in [0.4, 0.5) is 0 Å². The van der Waals surface area contributed by atoms with Gasteiger partial charge in [0.25, 0.3) is 0 Å². The van der Waals surface area contributed by atoms with E-state index in [2.05, 4.69) is 19.2 Å². The number of carbonyl (C=O) groups is 1. The van der Waals surface area contributed by atoms with Crippen molar-refractivity contribution in [2.45, 2.75) is 45.1 Å². The Morgan fingerprint density at radius 1 is 1.50 bits per heavy atom. The lowest BCUT2D eigenvalue weighted by molar-refractivity contribution is -0.153. The molecule has 1 rings (SSSR count). The van der Waals surface area contributed by atoms with Gasteiger partial charge in [0.2, 0.25) is 0 Å². The highest BCUT2D eigenvalue weighted by atomic mass is 16.5. The fourth-order valence-electron chi connectivity index (χ4n) is 2.48. The van der Waals surface area contributed by atoms with Crippen molar-refractivity contribution in [3.8, 4) is 0 Å². The average molecular weight is 257 g/mol. The smallest absolute Gasteiger partial charge is 0.328 e. The van der Waals surface area contributed by atoms with Gasteiger partial charge in [-0.25, -0.2) is 4.79 Å². The SMILES string of the molecule is CCCC(C)COCC(NC)(C(=O)OC)C1CC1. The van der Waals surface area contributed by atoms with Crippen LogP contribution >= 0.6 is 0 Å². The summed E-state index contributed by atoms with van der Waals surface area (Å²) in [6, 6.07) is 0. The van der Waals surface area contributed by atoms with Crippen molar-refractivity contribution < 1.29 is 14.3 Å². The first-order valence-corrected chi connectivity index (χ1v) is 6.95. The largest absolute Gasteiger partial charge is 0.468 e. The molecule has 0 amide bonds. The molecule has 1 aliphatic rings. The van der Waals surface area contributed by atoms with Gasteiger partial charge >= 0.3 is 5.97 Å². The van der Waals surface area contributed by atoms with Crippen LogP contribution in [0.5, 0.6) is 0 Å². The van der Waals surface area contributed by atoms with Gasteiger partial charge in [-0.2, -0.15) is 0 Å². The molecule has 2 atom stereocenters. The lowest BCUT2D eigenvalue weighted by Crippen LogP contribution is -2.56. The van der Waals surface area contributed by atoms with Gasteiger partial charge < -0.3 is 14.8 Å². The van der Waals surface area contributed by atoms with E-state index in [9.17, 15) is 4.79 Å². The Kier molecular flexibility index (Phi) is 6.09. The van der Waals surface area contributed by atoms with Crippen molar-refractivity contribution in [3.63, 3.8) is 0 Å². The third-order valence-corrected chi connectivity index (χ3v) is 3.78. The molecule has 4 heteroatoms. The molecule has 1 saturated carbocycles. The second-order valence-corrected chi connectivity index (χ2v) is 5.40. The number of carbonyl (C=O) groups excluding carboxylic acids is 1. The molecule has 1 aliphatic carbocycles. The van der Waals surface area contributed by atoms with E-state index in [1.807, 2.05) is 7.05 Å². The van der Waals surface area contributed by atoms with E-state index in [1.54, 1.807) is 0 Å². The summed E-state index contributed by atoms with van der Waals surface area (Å²) in [6.45, 7) is 5.47. The molecule has 0 aliphatic heterocycles. The van der Waals surface area contributed by atoms with Crippen molar-refractivity contribution in [1.82, 2.24) is 5.32 Å². The highest BCUT2D eigenvalue weighted by Crippen LogP contribution is 2.40. The highest BCUT2D eigenvalue weighted by molar-refractivity contribution is 5.82. The molecule has 0 radical (unpaired) electrons. The summed E-state index contributed by atoms with van der Waals surface area (Å²) in [5.74, 6) is 0.702. The van der Waals surface area contributed by atoms with E-state index < -0.39 is 5.54 Å². The van der Waals surface area contributed by atoms with E-state index >= 15 is 0 Å². The van der Waals surface area contributed by atoms with Crippen molar-refractivity contribution in [1.29, 1.82) is 0 Å². The van der Waals surface area contributed by atoms with E-state index in [-0.39, 0.29) is 5.97 Å². The predicted octanol–water partition coefficient (Wildman–Crippen LogP) is 1.98. The first-order chi connectivity index (χ1) is 8.60. The van der Waals surface area contributed by atoms with E-state index in [0.717, 1.165) is 19.3 Å². The minimum absolute atomic E-state index is 0.198. The Morgan fingerprint density at radius 3 is 2.61 bits per heavy atom. The maximum atomic E-state index is 12.0. The highest BCUT2D eigenvalue weighted by Gasteiger charge is 2.51. The van der Waals surface area contributed by atoms with Crippen molar-refractivity contribution >= 4 is 5.97 Å². The van der Waals surface area contributed by atoms with E-state index in [4.69, 9.17) is 9.47 Å². The number of hydrogen-bond acceptors (Lipinski definition) is 4. The molecule has 2 unspecified atom stereocenters. The Morgan fingerprint density at radius 2 is 2.17 bits per heavy atom. The Balaban J connectivity index is 2.49. The van der Waals surface area contributed by atoms with E-state index in [0.29, 0.717) is 25.0 Å². The molecule has 106 valence electrons. The number of rotatable bonds is 9. The fourth-order valence-corrected chi connectivity index (χ4v) is 2.48. The summed E-state index contributed by atoms with van der Waals surface area (Å²) < 4.78 is 10.7. The lowest BCUT2D eigenvalue weighted by atomic mass is 9.94. The molecule has 0 saturated heterocycles. The standard InChI is InChI=1S/C14H27NO3/c1-5-6-11(2)9-18-10-14(15-3,12-7-8-12)13(16)17-4/h11-12,15H,5-10H2,1-4H3. The molecule has 0 aromatic rings. The molecule has 0 spiro atoms. The van der Waals surface area contributed by atoms with Gasteiger partial charge in [0.05, 0.1) is 13.7 Å². The monoisotopic (exact) mass is 257 g/mol. The summed E-state index contributed by atoms with van der Waals surface area (Å²) in [6.07, 6.45) is 4.48. The van der Waals surface area contributed by atoms with Crippen LogP contribution < -0.4 is 5.32 Å². The van der Waals surface area contributed by atoms with Gasteiger partial charge in [0.15, 0.2) is 0 Å². The summed E-state index contributed by atoms with van der Waals surface area (Å²) in [7, 11) is 3.25. The van der Waals surface area contributed by atoms with Gasteiger partial charge in [-0.15, -0.1) is 0 Å².